The van der Waals surface area contributed by atoms with E-state index in [9.17, 15) is 4.79 Å². The zero-order valence-corrected chi connectivity index (χ0v) is 8.78. The van der Waals surface area contributed by atoms with Crippen LogP contribution in [0.4, 0.5) is 5.95 Å². The number of ether oxygens (including phenoxy) is 1. The Morgan fingerprint density at radius 1 is 1.77 bits per heavy atom. The summed E-state index contributed by atoms with van der Waals surface area (Å²) in [6.07, 6.45) is 0. The molecule has 0 aliphatic carbocycles. The molecule has 72 valence electrons. The number of nitrogen functional groups attached to an aromatic ring is 1. The van der Waals surface area contributed by atoms with Gasteiger partial charge in [-0.1, -0.05) is 0 Å². The average Bonchev–Trinajstić information content (AvgIpc) is 2.42. The van der Waals surface area contributed by atoms with Crippen molar-refractivity contribution in [3.8, 4) is 0 Å². The third kappa shape index (κ3) is 1.97. The van der Waals surface area contributed by atoms with Gasteiger partial charge in [-0.15, -0.1) is 5.10 Å². The number of carbonyl (C=O) groups is 1. The standard InChI is InChI=1S/C6H9BrN4O2/c1-3(4(12)13-2)11-5(7)9-6(8)10-11/h3H,1-2H3,(H2,8,10). The van der Waals surface area contributed by atoms with Crippen molar-refractivity contribution in [2.45, 2.75) is 13.0 Å². The highest BCUT2D eigenvalue weighted by atomic mass is 79.9. The van der Waals surface area contributed by atoms with Gasteiger partial charge in [-0.3, -0.25) is 0 Å². The fraction of sp³-hybridized carbons (Fsp3) is 0.500. The van der Waals surface area contributed by atoms with Gasteiger partial charge < -0.3 is 10.5 Å². The Morgan fingerprint density at radius 2 is 2.38 bits per heavy atom. The second-order valence-corrected chi connectivity index (χ2v) is 3.09. The number of methoxy groups -OCH3 is 1. The van der Waals surface area contributed by atoms with E-state index >= 15 is 0 Å². The first-order chi connectivity index (χ1) is 6.06. The molecule has 0 aromatic carbocycles. The molecule has 0 saturated heterocycles. The van der Waals surface area contributed by atoms with Gasteiger partial charge in [-0.2, -0.15) is 4.98 Å². The fourth-order valence-corrected chi connectivity index (χ4v) is 1.40. The van der Waals surface area contributed by atoms with Crippen LogP contribution in [0.1, 0.15) is 13.0 Å². The maximum absolute atomic E-state index is 11.1. The van der Waals surface area contributed by atoms with Gasteiger partial charge in [-0.25, -0.2) is 9.48 Å². The van der Waals surface area contributed by atoms with Gasteiger partial charge >= 0.3 is 5.97 Å². The van der Waals surface area contributed by atoms with Crippen molar-refractivity contribution in [3.05, 3.63) is 4.73 Å². The van der Waals surface area contributed by atoms with Gasteiger partial charge in [0.1, 0.15) is 6.04 Å². The van der Waals surface area contributed by atoms with E-state index in [1.54, 1.807) is 6.92 Å². The van der Waals surface area contributed by atoms with Crippen LogP contribution in [0.25, 0.3) is 0 Å². The van der Waals surface area contributed by atoms with E-state index in [1.807, 2.05) is 0 Å². The molecule has 7 heteroatoms. The molecule has 0 saturated carbocycles. The molecule has 1 aromatic heterocycles. The number of anilines is 1. The highest BCUT2D eigenvalue weighted by molar-refractivity contribution is 9.10. The molecule has 1 unspecified atom stereocenters. The lowest BCUT2D eigenvalue weighted by Gasteiger charge is -2.08. The summed E-state index contributed by atoms with van der Waals surface area (Å²) in [5.41, 5.74) is 5.33. The Bertz CT molecular complexity index is 324. The first kappa shape index (κ1) is 9.97. The van der Waals surface area contributed by atoms with Crippen molar-refractivity contribution in [1.82, 2.24) is 14.8 Å². The van der Waals surface area contributed by atoms with Crippen LogP contribution in [0.2, 0.25) is 0 Å². The third-order valence-corrected chi connectivity index (χ3v) is 2.06. The summed E-state index contributed by atoms with van der Waals surface area (Å²) >= 11 is 3.12. The van der Waals surface area contributed by atoms with Crippen molar-refractivity contribution in [1.29, 1.82) is 0 Å². The molecule has 0 amide bonds. The molecule has 0 aliphatic rings. The number of nitrogens with two attached hydrogens (primary N) is 1. The largest absolute Gasteiger partial charge is 0.467 e. The summed E-state index contributed by atoms with van der Waals surface area (Å²) < 4.78 is 6.30. The maximum atomic E-state index is 11.1. The number of nitrogens with zero attached hydrogens (tertiary/aromatic N) is 3. The van der Waals surface area contributed by atoms with Gasteiger partial charge in [0.15, 0.2) is 4.73 Å². The van der Waals surface area contributed by atoms with Crippen molar-refractivity contribution in [2.75, 3.05) is 12.8 Å². The molecule has 0 bridgehead atoms. The van der Waals surface area contributed by atoms with Crippen LogP contribution in [0, 0.1) is 0 Å². The predicted octanol–water partition coefficient (Wildman–Crippen LogP) is 0.357. The van der Waals surface area contributed by atoms with Crippen molar-refractivity contribution < 1.29 is 9.53 Å². The van der Waals surface area contributed by atoms with Crippen molar-refractivity contribution >= 4 is 27.8 Å². The lowest BCUT2D eigenvalue weighted by Crippen LogP contribution is -2.19. The lowest BCUT2D eigenvalue weighted by molar-refractivity contribution is -0.144. The summed E-state index contributed by atoms with van der Waals surface area (Å²) in [5.74, 6) is -0.284. The zero-order chi connectivity index (χ0) is 10.0. The molecule has 1 atom stereocenters. The normalized spacial score (nSPS) is 12.5. The molecule has 1 heterocycles. The number of carbonyl (C=O) groups excluding carboxylic acids is 1. The minimum Gasteiger partial charge on any atom is -0.467 e. The first-order valence-electron chi connectivity index (χ1n) is 3.51. The molecule has 0 radical (unpaired) electrons. The smallest absolute Gasteiger partial charge is 0.330 e. The highest BCUT2D eigenvalue weighted by Crippen LogP contribution is 2.15. The monoisotopic (exact) mass is 248 g/mol. The Kier molecular flexibility index (Phi) is 2.86. The van der Waals surface area contributed by atoms with E-state index in [0.717, 1.165) is 0 Å². The quantitative estimate of drug-likeness (QED) is 0.765. The van der Waals surface area contributed by atoms with E-state index in [-0.39, 0.29) is 5.95 Å². The third-order valence-electron chi connectivity index (χ3n) is 1.52. The van der Waals surface area contributed by atoms with Crippen molar-refractivity contribution in [2.24, 2.45) is 0 Å². The summed E-state index contributed by atoms with van der Waals surface area (Å²) in [6, 6.07) is -0.538. The Labute approximate surface area is 83.2 Å². The van der Waals surface area contributed by atoms with Crippen LogP contribution in [-0.4, -0.2) is 27.8 Å². The Hall–Kier alpha value is -1.11. The Balaban J connectivity index is 2.94. The maximum Gasteiger partial charge on any atom is 0.330 e. The molecule has 1 aromatic rings. The first-order valence-corrected chi connectivity index (χ1v) is 4.31. The fourth-order valence-electron chi connectivity index (χ4n) is 0.837. The van der Waals surface area contributed by atoms with Crippen molar-refractivity contribution in [3.63, 3.8) is 0 Å². The summed E-state index contributed by atoms with van der Waals surface area (Å²) in [6.45, 7) is 1.64. The van der Waals surface area contributed by atoms with Crippen LogP contribution in [0.15, 0.2) is 4.73 Å². The molecule has 0 aliphatic heterocycles. The lowest BCUT2D eigenvalue weighted by atomic mass is 10.4. The number of hydrogen-bond donors (Lipinski definition) is 1. The summed E-state index contributed by atoms with van der Waals surface area (Å²) in [4.78, 5) is 14.9. The number of halogens is 1. The zero-order valence-electron chi connectivity index (χ0n) is 7.19. The SMILES string of the molecule is COC(=O)C(C)n1nc(N)nc1Br. The summed E-state index contributed by atoms with van der Waals surface area (Å²) in [7, 11) is 1.31. The minimum absolute atomic E-state index is 0.114. The minimum atomic E-state index is -0.538. The van der Waals surface area contributed by atoms with E-state index in [4.69, 9.17) is 5.73 Å². The van der Waals surface area contributed by atoms with Crippen LogP contribution >= 0.6 is 15.9 Å². The van der Waals surface area contributed by atoms with Gasteiger partial charge in [0.25, 0.3) is 0 Å². The molecule has 13 heavy (non-hydrogen) atoms. The molecule has 0 fully saturated rings. The van der Waals surface area contributed by atoms with E-state index in [2.05, 4.69) is 30.7 Å². The van der Waals surface area contributed by atoms with Gasteiger partial charge in [0, 0.05) is 0 Å². The van der Waals surface area contributed by atoms with Crippen LogP contribution < -0.4 is 5.73 Å². The molecular weight excluding hydrogens is 240 g/mol. The van der Waals surface area contributed by atoms with E-state index in [1.165, 1.54) is 11.8 Å². The average molecular weight is 249 g/mol. The van der Waals surface area contributed by atoms with Gasteiger partial charge in [0.05, 0.1) is 7.11 Å². The van der Waals surface area contributed by atoms with Crippen LogP contribution in [0.3, 0.4) is 0 Å². The van der Waals surface area contributed by atoms with E-state index < -0.39 is 12.0 Å². The summed E-state index contributed by atoms with van der Waals surface area (Å²) in [5, 5.41) is 3.81. The van der Waals surface area contributed by atoms with Gasteiger partial charge in [-0.05, 0) is 22.9 Å². The van der Waals surface area contributed by atoms with Crippen LogP contribution in [-0.2, 0) is 9.53 Å². The number of rotatable bonds is 2. The molecule has 1 rings (SSSR count). The number of hydrogen-bond acceptors (Lipinski definition) is 5. The number of esters is 1. The number of aromatic nitrogens is 3. The topological polar surface area (TPSA) is 83.0 Å². The molecule has 2 N–H and O–H groups in total. The second kappa shape index (κ2) is 3.73. The molecular formula is C6H9BrN4O2. The highest BCUT2D eigenvalue weighted by Gasteiger charge is 2.19. The van der Waals surface area contributed by atoms with Crippen LogP contribution in [0.5, 0.6) is 0 Å². The Morgan fingerprint density at radius 3 is 2.77 bits per heavy atom. The predicted molar refractivity (Wildman–Crippen MR) is 48.9 cm³/mol. The van der Waals surface area contributed by atoms with E-state index in [0.29, 0.717) is 4.73 Å². The molecule has 6 nitrogen and oxygen atoms in total. The molecule has 0 spiro atoms. The second-order valence-electron chi connectivity index (χ2n) is 2.38. The van der Waals surface area contributed by atoms with Gasteiger partial charge in [0.2, 0.25) is 5.95 Å².